The van der Waals surface area contributed by atoms with Crippen molar-refractivity contribution in [2.75, 3.05) is 0 Å². The molecular weight excluding hydrogens is 826 g/mol. The van der Waals surface area contributed by atoms with Gasteiger partial charge in [-0.15, -0.1) is 0 Å². The zero-order valence-corrected chi connectivity index (χ0v) is 38.1. The molecule has 54 heavy (non-hydrogen) atoms. The first-order valence-electron chi connectivity index (χ1n) is 12.8. The molecule has 9 N–H and O–H groups in total. The van der Waals surface area contributed by atoms with Crippen LogP contribution in [0.2, 0.25) is 0 Å². The average Bonchev–Trinajstić information content (AvgIpc) is 2.95. The number of aliphatic hydroxyl groups is 3. The molecule has 0 saturated carbocycles. The van der Waals surface area contributed by atoms with Gasteiger partial charge in [0.15, 0.2) is 16.8 Å². The molecule has 0 spiro atoms. The number of carboxylic acids is 6. The fourth-order valence-electron chi connectivity index (χ4n) is 2.68. The Labute approximate surface area is 434 Å². The van der Waals surface area contributed by atoms with Crippen LogP contribution in [-0.4, -0.2) is 134 Å². The molecule has 27 heteroatoms. The maximum atomic E-state index is 11.0. The normalized spacial score (nSPS) is 12.5. The van der Waals surface area contributed by atoms with Crippen LogP contribution in [0.25, 0.3) is 0 Å². The van der Waals surface area contributed by atoms with E-state index in [1.807, 2.05) is 0 Å². The molecule has 3 atom stereocenters. The Balaban J connectivity index is -0.0000000823. The third kappa shape index (κ3) is 29.5. The Morgan fingerprint density at radius 2 is 0.574 bits per heavy atom. The van der Waals surface area contributed by atoms with Crippen LogP contribution in [-0.2, 0) is 71.7 Å². The van der Waals surface area contributed by atoms with Crippen LogP contribution in [0.15, 0.2) is 38.0 Å². The second kappa shape index (κ2) is 31.3. The van der Waals surface area contributed by atoms with Crippen molar-refractivity contribution >= 4 is 71.6 Å². The minimum atomic E-state index is -2.82. The minimum absolute atomic E-state index is 0. The van der Waals surface area contributed by atoms with Gasteiger partial charge in [0, 0.05) is 18.2 Å². The van der Waals surface area contributed by atoms with Crippen molar-refractivity contribution in [1.29, 1.82) is 0 Å². The quantitative estimate of drug-likeness (QED) is 0.0203. The number of carbonyl (C=O) groups excluding carboxylic acids is 6. The Bertz CT molecular complexity index is 1320. The van der Waals surface area contributed by atoms with Gasteiger partial charge in [-0.1, -0.05) is 19.7 Å². The summed E-state index contributed by atoms with van der Waals surface area (Å²) in [5, 5.41) is 79.1. The van der Waals surface area contributed by atoms with Crippen LogP contribution in [0.3, 0.4) is 0 Å². The van der Waals surface area contributed by atoms with Crippen LogP contribution in [0.4, 0.5) is 0 Å². The summed E-state index contributed by atoms with van der Waals surface area (Å²) in [6.45, 7) is 8.98. The number of hydrogen-bond donors (Lipinski definition) is 9. The van der Waals surface area contributed by atoms with Gasteiger partial charge in [-0.3, -0.25) is 28.8 Å². The Morgan fingerprint density at radius 3 is 0.685 bits per heavy atom. The van der Waals surface area contributed by atoms with Gasteiger partial charge in [-0.2, -0.15) is 0 Å². The molecule has 0 fully saturated rings. The van der Waals surface area contributed by atoms with Gasteiger partial charge in [0.2, 0.25) is 0 Å². The smallest absolute Gasteiger partial charge is 1.00 e. The Kier molecular flexibility index (Phi) is 37.2. The van der Waals surface area contributed by atoms with E-state index in [0.717, 1.165) is 0 Å². The molecule has 0 aromatic rings. The van der Waals surface area contributed by atoms with E-state index in [1.54, 1.807) is 0 Å². The van der Waals surface area contributed by atoms with E-state index in [2.05, 4.69) is 33.9 Å². The van der Waals surface area contributed by atoms with Crippen LogP contribution >= 0.6 is 0 Å². The molecule has 0 amide bonds. The van der Waals surface area contributed by atoms with Crippen LogP contribution < -0.4 is 154 Å². The van der Waals surface area contributed by atoms with Gasteiger partial charge in [0.25, 0.3) is 0 Å². The topological polar surface area (TPSA) is 415 Å². The SMILES string of the molecule is C=CC(=O)OC(=O)CC(O)(CC(=O)O)C(=O)O.C=CC(=O)OC(=O)CC(O)(CC(=O)O)C(=O)O.C=CC(=O)OC(=O)CC(O)(CC(=O)O)C(=O)O.[H-].[H-].[H-].[K+].[K+].[K+]. The summed E-state index contributed by atoms with van der Waals surface area (Å²) in [4.78, 5) is 128. The number of carbonyl (C=O) groups is 12. The van der Waals surface area contributed by atoms with E-state index in [1.165, 1.54) is 0 Å². The molecule has 0 radical (unpaired) electrons. The second-order valence-electron chi connectivity index (χ2n) is 9.24. The number of carboxylic acid groups (broad SMARTS) is 6. The monoisotopic (exact) mass is 858 g/mol. The van der Waals surface area contributed by atoms with Crippen molar-refractivity contribution in [3.63, 3.8) is 0 Å². The molecule has 0 rings (SSSR count). The first kappa shape index (κ1) is 64.2. The number of hydrogen-bond acceptors (Lipinski definition) is 18. The van der Waals surface area contributed by atoms with Gasteiger partial charge in [0.05, 0.1) is 38.5 Å². The third-order valence-electron chi connectivity index (χ3n) is 4.98. The van der Waals surface area contributed by atoms with E-state index in [9.17, 15) is 72.9 Å². The molecule has 0 saturated heterocycles. The van der Waals surface area contributed by atoms with Crippen molar-refractivity contribution in [2.24, 2.45) is 0 Å². The zero-order chi connectivity index (χ0) is 40.9. The van der Waals surface area contributed by atoms with Crippen molar-refractivity contribution in [2.45, 2.75) is 55.3 Å². The van der Waals surface area contributed by atoms with E-state index in [-0.39, 0.29) is 158 Å². The van der Waals surface area contributed by atoms with Gasteiger partial charge in [-0.05, 0) is 0 Å². The Morgan fingerprint density at radius 1 is 0.407 bits per heavy atom. The number of aliphatic carboxylic acids is 6. The summed E-state index contributed by atoms with van der Waals surface area (Å²) in [6.07, 6.45) is -5.07. The molecular formula is C27H33K3O24. The predicted molar refractivity (Wildman–Crippen MR) is 156 cm³/mol. The maximum absolute atomic E-state index is 11.0. The molecule has 0 aliphatic carbocycles. The zero-order valence-electron chi connectivity index (χ0n) is 31.7. The summed E-state index contributed by atoms with van der Waals surface area (Å²) in [6, 6.07) is 0. The first-order valence-corrected chi connectivity index (χ1v) is 12.8. The van der Waals surface area contributed by atoms with E-state index >= 15 is 0 Å². The largest absolute Gasteiger partial charge is 1.00 e. The summed E-state index contributed by atoms with van der Waals surface area (Å²) >= 11 is 0. The van der Waals surface area contributed by atoms with Crippen molar-refractivity contribution in [1.82, 2.24) is 0 Å². The second-order valence-corrected chi connectivity index (χ2v) is 9.24. The van der Waals surface area contributed by atoms with Gasteiger partial charge >= 0.3 is 226 Å². The van der Waals surface area contributed by atoms with Gasteiger partial charge < -0.3 is 64.4 Å². The molecule has 0 aliphatic heterocycles. The third-order valence-corrected chi connectivity index (χ3v) is 4.98. The van der Waals surface area contributed by atoms with E-state index in [0.29, 0.717) is 18.2 Å². The van der Waals surface area contributed by atoms with Gasteiger partial charge in [-0.25, -0.2) is 28.8 Å². The predicted octanol–water partition coefficient (Wildman–Crippen LogP) is -11.9. The fraction of sp³-hybridized carbons (Fsp3) is 0.333. The van der Waals surface area contributed by atoms with Crippen LogP contribution in [0.1, 0.15) is 42.8 Å². The minimum Gasteiger partial charge on any atom is -1.00 e. The maximum Gasteiger partial charge on any atom is 1.00 e. The summed E-state index contributed by atoms with van der Waals surface area (Å²) in [7, 11) is 0. The molecule has 0 aliphatic rings. The molecule has 0 bridgehead atoms. The van der Waals surface area contributed by atoms with Crippen LogP contribution in [0, 0.1) is 0 Å². The number of ether oxygens (including phenoxy) is 3. The van der Waals surface area contributed by atoms with Crippen molar-refractivity contribution in [3.05, 3.63) is 38.0 Å². The fourth-order valence-corrected chi connectivity index (χ4v) is 2.68. The standard InChI is InChI=1S/3C9H10O8.3K.3H/c3*1-2-6(12)17-7(13)4-9(16,8(14)15)3-5(10)11;;;;;;/h3*2,16H,1,3-4H2,(H,10,11)(H,14,15);;;;;;/q;;;3*+1;3*-1. The summed E-state index contributed by atoms with van der Waals surface area (Å²) in [5.74, 6) is -18.0. The van der Waals surface area contributed by atoms with Gasteiger partial charge in [0.1, 0.15) is 0 Å². The van der Waals surface area contributed by atoms with Crippen molar-refractivity contribution in [3.8, 4) is 0 Å². The molecule has 0 aromatic carbocycles. The van der Waals surface area contributed by atoms with Crippen molar-refractivity contribution < 1.29 is 276 Å². The molecule has 3 unspecified atom stereocenters. The number of esters is 6. The molecule has 288 valence electrons. The average molecular weight is 859 g/mol. The number of rotatable bonds is 18. The molecule has 0 aromatic heterocycles. The van der Waals surface area contributed by atoms with E-state index in [4.69, 9.17) is 30.6 Å². The summed E-state index contributed by atoms with van der Waals surface area (Å²) in [5.41, 5.74) is -8.45. The first-order chi connectivity index (χ1) is 23.1. The Hall–Kier alpha value is -1.75. The molecule has 24 nitrogen and oxygen atoms in total. The van der Waals surface area contributed by atoms with E-state index < -0.39 is 127 Å². The van der Waals surface area contributed by atoms with Crippen LogP contribution in [0.5, 0.6) is 0 Å². The molecule has 0 heterocycles. The summed E-state index contributed by atoms with van der Waals surface area (Å²) < 4.78 is 12.0.